The Balaban J connectivity index is 1.47. The van der Waals surface area contributed by atoms with Gasteiger partial charge < -0.3 is 15.6 Å². The van der Waals surface area contributed by atoms with Crippen LogP contribution in [0.1, 0.15) is 16.3 Å². The van der Waals surface area contributed by atoms with Crippen LogP contribution in [0.5, 0.6) is 0 Å². The highest BCUT2D eigenvalue weighted by molar-refractivity contribution is 7.09. The maximum absolute atomic E-state index is 6.10. The van der Waals surface area contributed by atoms with Crippen LogP contribution < -0.4 is 10.6 Å². The van der Waals surface area contributed by atoms with Gasteiger partial charge in [0.05, 0.1) is 10.7 Å². The Labute approximate surface area is 156 Å². The normalized spacial score (nSPS) is 11.9. The summed E-state index contributed by atoms with van der Waals surface area (Å²) in [6.45, 7) is 3.64. The summed E-state index contributed by atoms with van der Waals surface area (Å²) in [5.41, 5.74) is 3.49. The third kappa shape index (κ3) is 4.74. The molecule has 25 heavy (non-hydrogen) atoms. The first-order chi connectivity index (χ1) is 12.2. The molecule has 2 aromatic heterocycles. The highest BCUT2D eigenvalue weighted by atomic mass is 35.5. The van der Waals surface area contributed by atoms with Gasteiger partial charge in [-0.25, -0.2) is 4.98 Å². The van der Waals surface area contributed by atoms with Gasteiger partial charge in [-0.15, -0.1) is 11.3 Å². The summed E-state index contributed by atoms with van der Waals surface area (Å²) >= 11 is 7.79. The first kappa shape index (κ1) is 17.8. The van der Waals surface area contributed by atoms with Gasteiger partial charge in [-0.05, 0) is 37.1 Å². The number of aromatic amines is 1. The number of nitrogens with one attached hydrogen (secondary N) is 3. The van der Waals surface area contributed by atoms with Crippen LogP contribution in [-0.2, 0) is 12.8 Å². The molecular formula is C18H22ClN5S. The number of hydrogen-bond donors (Lipinski definition) is 3. The van der Waals surface area contributed by atoms with Gasteiger partial charge in [0.25, 0.3) is 0 Å². The lowest BCUT2D eigenvalue weighted by Crippen LogP contribution is -2.39. The van der Waals surface area contributed by atoms with E-state index in [0.29, 0.717) is 0 Å². The van der Waals surface area contributed by atoms with Crippen LogP contribution in [0, 0.1) is 6.92 Å². The molecule has 0 aliphatic carbocycles. The fourth-order valence-electron chi connectivity index (χ4n) is 2.73. The van der Waals surface area contributed by atoms with E-state index in [1.54, 1.807) is 18.4 Å². The SMILES string of the molecule is CN=C(NCCc1csc(C)n1)NCCc1c[nH]c2ccc(Cl)cc12. The number of guanidine groups is 1. The predicted molar refractivity (Wildman–Crippen MR) is 107 cm³/mol. The zero-order valence-electron chi connectivity index (χ0n) is 14.4. The molecule has 3 N–H and O–H groups in total. The lowest BCUT2D eigenvalue weighted by Gasteiger charge is -2.11. The Kier molecular flexibility index (Phi) is 5.94. The molecule has 0 amide bonds. The summed E-state index contributed by atoms with van der Waals surface area (Å²) in [4.78, 5) is 12.0. The molecule has 0 unspecified atom stereocenters. The van der Waals surface area contributed by atoms with Crippen LogP contribution in [-0.4, -0.2) is 36.1 Å². The number of aliphatic imine (C=N–C) groups is 1. The zero-order valence-corrected chi connectivity index (χ0v) is 16.0. The van der Waals surface area contributed by atoms with Crippen LogP contribution >= 0.6 is 22.9 Å². The number of aryl methyl sites for hydroxylation is 1. The molecule has 0 fully saturated rings. The number of benzene rings is 1. The minimum atomic E-state index is 0.760. The van der Waals surface area contributed by atoms with Crippen LogP contribution in [0.4, 0.5) is 0 Å². The van der Waals surface area contributed by atoms with Crippen molar-refractivity contribution in [1.29, 1.82) is 0 Å². The lowest BCUT2D eigenvalue weighted by molar-refractivity contribution is 0.778. The largest absolute Gasteiger partial charge is 0.361 e. The van der Waals surface area contributed by atoms with Crippen molar-refractivity contribution in [2.24, 2.45) is 4.99 Å². The van der Waals surface area contributed by atoms with Crippen molar-refractivity contribution in [1.82, 2.24) is 20.6 Å². The monoisotopic (exact) mass is 375 g/mol. The van der Waals surface area contributed by atoms with Crippen molar-refractivity contribution in [2.75, 3.05) is 20.1 Å². The van der Waals surface area contributed by atoms with Gasteiger partial charge in [-0.3, -0.25) is 4.99 Å². The van der Waals surface area contributed by atoms with E-state index in [1.165, 1.54) is 10.9 Å². The van der Waals surface area contributed by atoms with Gasteiger partial charge in [-0.1, -0.05) is 11.6 Å². The van der Waals surface area contributed by atoms with Gasteiger partial charge >= 0.3 is 0 Å². The molecular weight excluding hydrogens is 354 g/mol. The van der Waals surface area contributed by atoms with E-state index in [-0.39, 0.29) is 0 Å². The summed E-state index contributed by atoms with van der Waals surface area (Å²) in [5, 5.41) is 11.8. The minimum absolute atomic E-state index is 0.760. The molecule has 5 nitrogen and oxygen atoms in total. The molecule has 132 valence electrons. The topological polar surface area (TPSA) is 65.1 Å². The fourth-order valence-corrected chi connectivity index (χ4v) is 3.54. The summed E-state index contributed by atoms with van der Waals surface area (Å²) in [6, 6.07) is 5.92. The maximum Gasteiger partial charge on any atom is 0.190 e. The second-order valence-electron chi connectivity index (χ2n) is 5.79. The molecule has 2 heterocycles. The number of nitrogens with zero attached hydrogens (tertiary/aromatic N) is 2. The van der Waals surface area contributed by atoms with Gasteiger partial charge in [0, 0.05) is 54.1 Å². The van der Waals surface area contributed by atoms with E-state index in [4.69, 9.17) is 11.6 Å². The molecule has 1 aromatic carbocycles. The number of fused-ring (bicyclic) bond motifs is 1. The highest BCUT2D eigenvalue weighted by Crippen LogP contribution is 2.22. The highest BCUT2D eigenvalue weighted by Gasteiger charge is 2.05. The molecule has 0 aliphatic rings. The molecule has 0 bridgehead atoms. The van der Waals surface area contributed by atoms with Crippen LogP contribution in [0.15, 0.2) is 34.8 Å². The average molecular weight is 376 g/mol. The van der Waals surface area contributed by atoms with E-state index in [9.17, 15) is 0 Å². The molecule has 0 radical (unpaired) electrons. The molecule has 0 saturated heterocycles. The van der Waals surface area contributed by atoms with E-state index in [2.05, 4.69) is 31.0 Å². The summed E-state index contributed by atoms with van der Waals surface area (Å²) in [7, 11) is 1.79. The van der Waals surface area contributed by atoms with E-state index < -0.39 is 0 Å². The Bertz CT molecular complexity index is 867. The van der Waals surface area contributed by atoms with Crippen LogP contribution in [0.25, 0.3) is 10.9 Å². The molecule has 3 aromatic rings. The smallest absolute Gasteiger partial charge is 0.190 e. The predicted octanol–water partition coefficient (Wildman–Crippen LogP) is 3.54. The van der Waals surface area contributed by atoms with Gasteiger partial charge in [0.1, 0.15) is 0 Å². The van der Waals surface area contributed by atoms with Crippen molar-refractivity contribution in [2.45, 2.75) is 19.8 Å². The Hall–Kier alpha value is -2.05. The van der Waals surface area contributed by atoms with Gasteiger partial charge in [-0.2, -0.15) is 0 Å². The molecule has 0 saturated carbocycles. The average Bonchev–Trinajstić information content (AvgIpc) is 3.19. The fraction of sp³-hybridized carbons (Fsp3) is 0.333. The number of aromatic nitrogens is 2. The Morgan fingerprint density at radius 2 is 2.08 bits per heavy atom. The van der Waals surface area contributed by atoms with Crippen molar-refractivity contribution in [3.05, 3.63) is 51.1 Å². The van der Waals surface area contributed by atoms with Crippen LogP contribution in [0.3, 0.4) is 0 Å². The van der Waals surface area contributed by atoms with Crippen molar-refractivity contribution >= 4 is 39.8 Å². The second-order valence-corrected chi connectivity index (χ2v) is 7.29. The van der Waals surface area contributed by atoms with Gasteiger partial charge in [0.15, 0.2) is 5.96 Å². The second kappa shape index (κ2) is 8.36. The quantitative estimate of drug-likeness (QED) is 0.456. The van der Waals surface area contributed by atoms with Crippen LogP contribution in [0.2, 0.25) is 5.02 Å². The molecule has 3 rings (SSSR count). The Morgan fingerprint density at radius 3 is 2.80 bits per heavy atom. The van der Waals surface area contributed by atoms with E-state index in [0.717, 1.165) is 53.1 Å². The zero-order chi connectivity index (χ0) is 17.6. The lowest BCUT2D eigenvalue weighted by atomic mass is 10.1. The first-order valence-electron chi connectivity index (χ1n) is 8.27. The standard InChI is InChI=1S/C18H22ClN5S/c1-12-24-15(11-25-12)6-8-22-18(20-2)21-7-5-13-10-23-17-4-3-14(19)9-16(13)17/h3-4,9-11,23H,5-8H2,1-2H3,(H2,20,21,22). The third-order valence-corrected chi connectivity index (χ3v) is 5.04. The Morgan fingerprint density at radius 1 is 1.28 bits per heavy atom. The molecule has 7 heteroatoms. The molecule has 0 atom stereocenters. The first-order valence-corrected chi connectivity index (χ1v) is 9.52. The molecule has 0 aliphatic heterocycles. The van der Waals surface area contributed by atoms with Crippen molar-refractivity contribution < 1.29 is 0 Å². The number of thiazole rings is 1. The van der Waals surface area contributed by atoms with E-state index in [1.807, 2.05) is 31.3 Å². The molecule has 0 spiro atoms. The van der Waals surface area contributed by atoms with Crippen molar-refractivity contribution in [3.63, 3.8) is 0 Å². The number of H-pyrrole nitrogens is 1. The summed E-state index contributed by atoms with van der Waals surface area (Å²) in [5.74, 6) is 0.810. The number of hydrogen-bond acceptors (Lipinski definition) is 3. The third-order valence-electron chi connectivity index (χ3n) is 3.98. The van der Waals surface area contributed by atoms with Gasteiger partial charge in [0.2, 0.25) is 0 Å². The summed E-state index contributed by atoms with van der Waals surface area (Å²) in [6.07, 6.45) is 3.84. The number of rotatable bonds is 6. The van der Waals surface area contributed by atoms with E-state index >= 15 is 0 Å². The van der Waals surface area contributed by atoms with Crippen molar-refractivity contribution in [3.8, 4) is 0 Å². The minimum Gasteiger partial charge on any atom is -0.361 e. The summed E-state index contributed by atoms with van der Waals surface area (Å²) < 4.78 is 0. The maximum atomic E-state index is 6.10. The number of halogens is 1.